The van der Waals surface area contributed by atoms with E-state index in [0.717, 1.165) is 26.2 Å². The molecule has 79 heavy (non-hydrogen) atoms. The fourth-order valence-electron chi connectivity index (χ4n) is 6.36. The Kier molecular flexibility index (Phi) is 56.7. The van der Waals surface area contributed by atoms with Crippen LogP contribution in [0.3, 0.4) is 0 Å². The van der Waals surface area contributed by atoms with Crippen LogP contribution >= 0.6 is 0 Å². The molecule has 2 aromatic rings. The normalized spacial score (nSPS) is 11.8. The van der Waals surface area contributed by atoms with E-state index in [0.29, 0.717) is 277 Å². The summed E-state index contributed by atoms with van der Waals surface area (Å²) >= 11 is 0. The van der Waals surface area contributed by atoms with E-state index in [1.165, 1.54) is 0 Å². The van der Waals surface area contributed by atoms with E-state index in [4.69, 9.17) is 99.5 Å². The molecule has 0 aromatic carbocycles. The lowest BCUT2D eigenvalue weighted by Crippen LogP contribution is -2.33. The highest BCUT2D eigenvalue weighted by molar-refractivity contribution is 4.65. The van der Waals surface area contributed by atoms with Gasteiger partial charge in [0.2, 0.25) is 12.7 Å². The summed E-state index contributed by atoms with van der Waals surface area (Å²) in [4.78, 5) is 0. The van der Waals surface area contributed by atoms with Crippen LogP contribution in [0.5, 0.6) is 0 Å². The smallest absolute Gasteiger partial charge is 0.243 e. The molecule has 0 amide bonds. The molecule has 0 aliphatic heterocycles. The highest BCUT2D eigenvalue weighted by Crippen LogP contribution is 1.92. The molecule has 0 radical (unpaired) electrons. The largest absolute Gasteiger partial charge is 0.377 e. The molecule has 0 atom stereocenters. The van der Waals surface area contributed by atoms with Crippen molar-refractivity contribution in [2.45, 2.75) is 40.0 Å². The summed E-state index contributed by atoms with van der Waals surface area (Å²) in [5, 5.41) is 0. The van der Waals surface area contributed by atoms with E-state index in [2.05, 4.69) is 69.6 Å². The molecule has 0 unspecified atom stereocenters. The number of hydrogen-bond acceptors (Lipinski definition) is 21. The average Bonchev–Trinajstić information content (AvgIpc) is 4.15. The first-order chi connectivity index (χ1) is 39.3. The predicted octanol–water partition coefficient (Wildman–Crippen LogP) is 0.953. The number of hydrogen-bond donors (Lipinski definition) is 0. The van der Waals surface area contributed by atoms with Crippen molar-refractivity contribution in [3.05, 3.63) is 37.4 Å². The number of aryl methyl sites for hydroxylation is 2. The van der Waals surface area contributed by atoms with Crippen LogP contribution in [0.2, 0.25) is 0 Å². The Morgan fingerprint density at radius 2 is 0.329 bits per heavy atom. The lowest BCUT2D eigenvalue weighted by molar-refractivity contribution is -0.698. The molecule has 2 aromatic heterocycles. The van der Waals surface area contributed by atoms with Gasteiger partial charge in [-0.25, -0.2) is 18.3 Å². The molecular weight excluding hydrogens is 1040 g/mol. The first-order valence-electron chi connectivity index (χ1n) is 28.5. The van der Waals surface area contributed by atoms with Gasteiger partial charge in [-0.15, -0.1) is 0 Å². The molecule has 25 heteroatoms. The Bertz CT molecular complexity index is 1370. The maximum Gasteiger partial charge on any atom is 0.243 e. The van der Waals surface area contributed by atoms with Crippen molar-refractivity contribution < 1.29 is 109 Å². The van der Waals surface area contributed by atoms with Gasteiger partial charge in [-0.05, 0) is 13.8 Å². The molecule has 2 rings (SSSR count). The first kappa shape index (κ1) is 72.7. The Morgan fingerprint density at radius 1 is 0.203 bits per heavy atom. The fraction of sp³-hybridized carbons (Fsp3) is 0.889. The molecule has 2 heterocycles. The predicted molar refractivity (Wildman–Crippen MR) is 288 cm³/mol. The quantitative estimate of drug-likeness (QED) is 0.0667. The van der Waals surface area contributed by atoms with Crippen molar-refractivity contribution in [2.75, 3.05) is 277 Å². The lowest BCUT2D eigenvalue weighted by Gasteiger charge is -2.09. The summed E-state index contributed by atoms with van der Waals surface area (Å²) in [7, 11) is 0. The second-order valence-electron chi connectivity index (χ2n) is 16.8. The zero-order valence-corrected chi connectivity index (χ0v) is 48.4. The molecule has 0 saturated carbocycles. The first-order valence-corrected chi connectivity index (χ1v) is 28.5. The maximum atomic E-state index is 5.61. The van der Waals surface area contributed by atoms with Gasteiger partial charge in [-0.1, -0.05) is 0 Å². The van der Waals surface area contributed by atoms with E-state index in [9.17, 15) is 0 Å². The van der Waals surface area contributed by atoms with Gasteiger partial charge in [-0.3, -0.25) is 0 Å². The van der Waals surface area contributed by atoms with Crippen LogP contribution in [-0.4, -0.2) is 287 Å². The van der Waals surface area contributed by atoms with Gasteiger partial charge in [-0.2, -0.15) is 0 Å². The SMILES string of the molecule is CCn1cc[n+](CCOCCOCCOCCOCCOCCOCCOCCOCCOCCOCCOCCOCCOCCOCCOCCOCCOCCOCCOCCOCCOCC[n+]2ccn(CC)c2)c1. The fourth-order valence-corrected chi connectivity index (χ4v) is 6.36. The van der Waals surface area contributed by atoms with Crippen LogP contribution in [0.1, 0.15) is 13.8 Å². The van der Waals surface area contributed by atoms with E-state index in [1.807, 2.05) is 0 Å². The topological polar surface area (TPSA) is 211 Å². The number of nitrogens with zero attached hydrogens (tertiary/aromatic N) is 4. The third-order valence-corrected chi connectivity index (χ3v) is 10.7. The highest BCUT2D eigenvalue weighted by Gasteiger charge is 2.04. The molecule has 0 saturated heterocycles. The van der Waals surface area contributed by atoms with Crippen molar-refractivity contribution in [3.63, 3.8) is 0 Å². The number of aromatic nitrogens is 4. The summed E-state index contributed by atoms with van der Waals surface area (Å²) in [6.45, 7) is 29.4. The van der Waals surface area contributed by atoms with Crippen LogP contribution in [-0.2, 0) is 126 Å². The monoisotopic (exact) mass is 1140 g/mol. The zero-order chi connectivity index (χ0) is 55.9. The van der Waals surface area contributed by atoms with E-state index < -0.39 is 0 Å². The zero-order valence-electron chi connectivity index (χ0n) is 48.4. The van der Waals surface area contributed by atoms with E-state index in [1.54, 1.807) is 0 Å². The minimum absolute atomic E-state index is 0.490. The van der Waals surface area contributed by atoms with Crippen molar-refractivity contribution in [1.29, 1.82) is 0 Å². The Hall–Kier alpha value is -2.42. The molecule has 0 spiro atoms. The molecule has 464 valence electrons. The molecule has 0 N–H and O–H groups in total. The number of rotatable bonds is 68. The average molecular weight is 1150 g/mol. The van der Waals surface area contributed by atoms with Crippen LogP contribution < -0.4 is 9.13 Å². The van der Waals surface area contributed by atoms with Gasteiger partial charge < -0.3 is 99.5 Å². The van der Waals surface area contributed by atoms with Crippen LogP contribution in [0, 0.1) is 0 Å². The minimum atomic E-state index is 0.490. The van der Waals surface area contributed by atoms with Gasteiger partial charge in [0, 0.05) is 0 Å². The molecule has 25 nitrogen and oxygen atoms in total. The summed E-state index contributed by atoms with van der Waals surface area (Å²) in [5.74, 6) is 0. The minimum Gasteiger partial charge on any atom is -0.377 e. The van der Waals surface area contributed by atoms with E-state index in [-0.39, 0.29) is 0 Å². The van der Waals surface area contributed by atoms with Crippen LogP contribution in [0.25, 0.3) is 0 Å². The standard InChI is InChI=1S/C54H104N4O21/c1-3-55-5-7-57(53-55)9-11-59-13-15-61-17-19-63-21-23-65-25-27-67-29-31-69-33-35-71-37-39-73-41-43-75-45-47-77-49-51-79-52-50-78-48-46-76-44-42-74-40-38-72-36-34-70-32-30-68-28-26-66-24-22-64-20-18-62-16-14-60-12-10-58-8-6-56(4-2)54-58/h5-8,53-54H,3-4,9-52H2,1-2H3/q+2. The van der Waals surface area contributed by atoms with Gasteiger partial charge in [0.15, 0.2) is 0 Å². The van der Waals surface area contributed by atoms with Gasteiger partial charge in [0.25, 0.3) is 0 Å². The molecule has 0 fully saturated rings. The summed E-state index contributed by atoms with van der Waals surface area (Å²) in [5.41, 5.74) is 0. The third kappa shape index (κ3) is 53.3. The Morgan fingerprint density at radius 3 is 0.443 bits per heavy atom. The van der Waals surface area contributed by atoms with Gasteiger partial charge >= 0.3 is 0 Å². The number of ether oxygens (including phenoxy) is 21. The maximum absolute atomic E-state index is 5.61. The Balaban J connectivity index is 1.09. The second kappa shape index (κ2) is 61.6. The van der Waals surface area contributed by atoms with Gasteiger partial charge in [0.1, 0.15) is 37.9 Å². The molecular formula is C54H104N4O21+2. The molecule has 0 aliphatic rings. The Labute approximate surface area is 471 Å². The van der Waals surface area contributed by atoms with Crippen molar-refractivity contribution in [1.82, 2.24) is 9.13 Å². The van der Waals surface area contributed by atoms with Crippen molar-refractivity contribution in [2.24, 2.45) is 0 Å². The third-order valence-electron chi connectivity index (χ3n) is 10.7. The molecule has 0 aliphatic carbocycles. The van der Waals surface area contributed by atoms with Crippen LogP contribution in [0.15, 0.2) is 37.4 Å². The summed E-state index contributed by atoms with van der Waals surface area (Å²) in [6, 6.07) is 0. The van der Waals surface area contributed by atoms with Crippen molar-refractivity contribution >= 4 is 0 Å². The highest BCUT2D eigenvalue weighted by atomic mass is 16.6. The lowest BCUT2D eigenvalue weighted by atomic mass is 10.6. The van der Waals surface area contributed by atoms with Crippen molar-refractivity contribution in [3.8, 4) is 0 Å². The molecule has 0 bridgehead atoms. The number of imidazole rings is 2. The van der Waals surface area contributed by atoms with E-state index >= 15 is 0 Å². The van der Waals surface area contributed by atoms with Gasteiger partial charge in [0.05, 0.1) is 291 Å². The van der Waals surface area contributed by atoms with Crippen LogP contribution in [0.4, 0.5) is 0 Å². The summed E-state index contributed by atoms with van der Waals surface area (Å²) in [6.07, 6.45) is 12.4. The summed E-state index contributed by atoms with van der Waals surface area (Å²) < 4.78 is 125. The second-order valence-corrected chi connectivity index (χ2v) is 16.8.